The average Bonchev–Trinajstić information content (AvgIpc) is 2.29. The van der Waals surface area contributed by atoms with Gasteiger partial charge in [-0.05, 0) is 33.2 Å². The van der Waals surface area contributed by atoms with Gasteiger partial charge in [0.1, 0.15) is 0 Å². The van der Waals surface area contributed by atoms with Crippen molar-refractivity contribution >= 4 is 5.91 Å². The number of rotatable bonds is 4. The first-order valence-corrected chi connectivity index (χ1v) is 5.79. The van der Waals surface area contributed by atoms with Crippen LogP contribution in [0.3, 0.4) is 0 Å². The largest absolute Gasteiger partial charge is 0.377 e. The molecule has 1 heterocycles. The predicted molar refractivity (Wildman–Crippen MR) is 62.6 cm³/mol. The fourth-order valence-electron chi connectivity index (χ4n) is 2.24. The summed E-state index contributed by atoms with van der Waals surface area (Å²) < 4.78 is 5.52. The Balaban J connectivity index is 2.50. The number of hydrogen-bond acceptors (Lipinski definition) is 4. The van der Waals surface area contributed by atoms with Crippen molar-refractivity contribution in [2.75, 3.05) is 20.2 Å². The minimum atomic E-state index is -0.114. The van der Waals surface area contributed by atoms with Gasteiger partial charge in [-0.25, -0.2) is 5.84 Å². The van der Waals surface area contributed by atoms with E-state index in [0.717, 1.165) is 25.9 Å². The number of hydrogen-bond donors (Lipinski definition) is 2. The molecule has 0 aromatic carbocycles. The minimum Gasteiger partial charge on any atom is -0.377 e. The molecule has 1 amide bonds. The summed E-state index contributed by atoms with van der Waals surface area (Å²) in [5.41, 5.74) is 2.10. The van der Waals surface area contributed by atoms with Crippen LogP contribution in [0.25, 0.3) is 0 Å². The maximum Gasteiger partial charge on any atom is 0.235 e. The Hall–Kier alpha value is -0.650. The fourth-order valence-corrected chi connectivity index (χ4v) is 2.24. The highest BCUT2D eigenvalue weighted by Crippen LogP contribution is 2.25. The molecule has 1 fully saturated rings. The second-order valence-corrected chi connectivity index (χ2v) is 4.85. The lowest BCUT2D eigenvalue weighted by molar-refractivity contribution is -0.123. The van der Waals surface area contributed by atoms with E-state index in [1.807, 2.05) is 0 Å². The Labute approximate surface area is 97.3 Å². The Morgan fingerprint density at radius 3 is 2.94 bits per heavy atom. The molecule has 0 saturated carbocycles. The number of piperidine rings is 1. The van der Waals surface area contributed by atoms with Crippen LogP contribution in [0.4, 0.5) is 0 Å². The van der Waals surface area contributed by atoms with E-state index in [9.17, 15) is 4.79 Å². The van der Waals surface area contributed by atoms with Gasteiger partial charge in [0.05, 0.1) is 5.60 Å². The number of amides is 1. The van der Waals surface area contributed by atoms with Gasteiger partial charge in [0.25, 0.3) is 0 Å². The van der Waals surface area contributed by atoms with Crippen molar-refractivity contribution in [1.82, 2.24) is 10.3 Å². The molecule has 0 spiro atoms. The molecule has 2 atom stereocenters. The lowest BCUT2D eigenvalue weighted by Crippen LogP contribution is -2.51. The molecule has 1 aliphatic heterocycles. The van der Waals surface area contributed by atoms with Crippen LogP contribution < -0.4 is 11.3 Å². The number of carbonyl (C=O) groups excluding carboxylic acids is 1. The van der Waals surface area contributed by atoms with Crippen molar-refractivity contribution in [2.24, 2.45) is 5.84 Å². The molecule has 2 unspecified atom stereocenters. The molecule has 16 heavy (non-hydrogen) atoms. The summed E-state index contributed by atoms with van der Waals surface area (Å²) in [7, 11) is 1.75. The summed E-state index contributed by atoms with van der Waals surface area (Å²) in [4.78, 5) is 13.5. The summed E-state index contributed by atoms with van der Waals surface area (Å²) in [6.45, 7) is 6.08. The van der Waals surface area contributed by atoms with E-state index in [0.29, 0.717) is 6.42 Å². The highest BCUT2D eigenvalue weighted by atomic mass is 16.5. The topological polar surface area (TPSA) is 67.6 Å². The van der Waals surface area contributed by atoms with E-state index in [4.69, 9.17) is 10.6 Å². The van der Waals surface area contributed by atoms with E-state index < -0.39 is 0 Å². The number of nitrogens with zero attached hydrogens (tertiary/aromatic N) is 1. The fraction of sp³-hybridized carbons (Fsp3) is 0.909. The van der Waals surface area contributed by atoms with Crippen LogP contribution >= 0.6 is 0 Å². The van der Waals surface area contributed by atoms with Gasteiger partial charge in [0, 0.05) is 26.1 Å². The normalized spacial score (nSPS) is 28.8. The first-order chi connectivity index (χ1) is 7.50. The Kier molecular flexibility index (Phi) is 4.70. The molecule has 94 valence electrons. The van der Waals surface area contributed by atoms with Gasteiger partial charge in [-0.15, -0.1) is 0 Å². The maximum absolute atomic E-state index is 11.2. The minimum absolute atomic E-state index is 0.0777. The van der Waals surface area contributed by atoms with Crippen LogP contribution in [0.1, 0.15) is 33.1 Å². The predicted octanol–water partition coefficient (Wildman–Crippen LogP) is 0.256. The first kappa shape index (κ1) is 13.4. The van der Waals surface area contributed by atoms with Crippen molar-refractivity contribution in [3.05, 3.63) is 0 Å². The standard InChI is InChI=1S/C11H23N3O2/c1-9(7-10(15)13-12)14-6-4-5-11(2,8-14)16-3/h9H,4-8,12H2,1-3H3,(H,13,15). The van der Waals surface area contributed by atoms with Gasteiger partial charge in [-0.3, -0.25) is 15.1 Å². The molecule has 5 nitrogen and oxygen atoms in total. The van der Waals surface area contributed by atoms with E-state index in [1.165, 1.54) is 0 Å². The third-order valence-electron chi connectivity index (χ3n) is 3.45. The van der Waals surface area contributed by atoms with Gasteiger partial charge in [-0.2, -0.15) is 0 Å². The van der Waals surface area contributed by atoms with Crippen LogP contribution in [0.2, 0.25) is 0 Å². The van der Waals surface area contributed by atoms with Crippen molar-refractivity contribution in [2.45, 2.75) is 44.8 Å². The quantitative estimate of drug-likeness (QED) is 0.412. The van der Waals surface area contributed by atoms with Crippen molar-refractivity contribution in [3.63, 3.8) is 0 Å². The van der Waals surface area contributed by atoms with Crippen LogP contribution in [0.5, 0.6) is 0 Å². The van der Waals surface area contributed by atoms with E-state index in [2.05, 4.69) is 24.2 Å². The number of nitrogens with one attached hydrogen (secondary N) is 1. The third-order valence-corrected chi connectivity index (χ3v) is 3.45. The number of ether oxygens (including phenoxy) is 1. The molecule has 1 aliphatic rings. The summed E-state index contributed by atoms with van der Waals surface area (Å²) in [6, 6.07) is 0.207. The van der Waals surface area contributed by atoms with Crippen molar-refractivity contribution < 1.29 is 9.53 Å². The second-order valence-electron chi connectivity index (χ2n) is 4.85. The first-order valence-electron chi connectivity index (χ1n) is 5.79. The van der Waals surface area contributed by atoms with Crippen LogP contribution in [0.15, 0.2) is 0 Å². The molecular weight excluding hydrogens is 206 g/mol. The van der Waals surface area contributed by atoms with Crippen molar-refractivity contribution in [1.29, 1.82) is 0 Å². The van der Waals surface area contributed by atoms with Gasteiger partial charge < -0.3 is 4.74 Å². The molecular formula is C11H23N3O2. The lowest BCUT2D eigenvalue weighted by atomic mass is 9.93. The lowest BCUT2D eigenvalue weighted by Gasteiger charge is -2.42. The molecule has 1 rings (SSSR count). The molecule has 0 radical (unpaired) electrons. The number of methoxy groups -OCH3 is 1. The summed E-state index contributed by atoms with van der Waals surface area (Å²) in [5, 5.41) is 0. The number of hydrazine groups is 1. The Bertz CT molecular complexity index is 247. The zero-order valence-corrected chi connectivity index (χ0v) is 10.5. The average molecular weight is 229 g/mol. The zero-order valence-electron chi connectivity index (χ0n) is 10.5. The molecule has 1 saturated heterocycles. The van der Waals surface area contributed by atoms with Crippen LogP contribution in [-0.4, -0.2) is 42.6 Å². The molecule has 0 aromatic heterocycles. The Morgan fingerprint density at radius 1 is 1.69 bits per heavy atom. The number of carbonyl (C=O) groups is 1. The monoisotopic (exact) mass is 229 g/mol. The van der Waals surface area contributed by atoms with Crippen LogP contribution in [-0.2, 0) is 9.53 Å². The molecule has 0 aliphatic carbocycles. The van der Waals surface area contributed by atoms with Gasteiger partial charge in [0.15, 0.2) is 0 Å². The molecule has 3 N–H and O–H groups in total. The smallest absolute Gasteiger partial charge is 0.235 e. The summed E-state index contributed by atoms with van der Waals surface area (Å²) in [5.74, 6) is 4.97. The van der Waals surface area contributed by atoms with Crippen molar-refractivity contribution in [3.8, 4) is 0 Å². The Morgan fingerprint density at radius 2 is 2.38 bits per heavy atom. The number of likely N-dealkylation sites (tertiary alicyclic amines) is 1. The number of nitrogens with two attached hydrogens (primary N) is 1. The highest BCUT2D eigenvalue weighted by molar-refractivity contribution is 5.75. The molecule has 5 heteroatoms. The zero-order chi connectivity index (χ0) is 12.2. The third kappa shape index (κ3) is 3.43. The second kappa shape index (κ2) is 5.61. The SMILES string of the molecule is COC1(C)CCCN(C(C)CC(=O)NN)C1. The van der Waals surface area contributed by atoms with Gasteiger partial charge in [-0.1, -0.05) is 0 Å². The van der Waals surface area contributed by atoms with E-state index in [-0.39, 0.29) is 17.6 Å². The van der Waals surface area contributed by atoms with E-state index in [1.54, 1.807) is 7.11 Å². The van der Waals surface area contributed by atoms with E-state index >= 15 is 0 Å². The van der Waals surface area contributed by atoms with Crippen LogP contribution in [0, 0.1) is 0 Å². The molecule has 0 bridgehead atoms. The summed E-state index contributed by atoms with van der Waals surface area (Å²) >= 11 is 0. The maximum atomic E-state index is 11.2. The van der Waals surface area contributed by atoms with Gasteiger partial charge >= 0.3 is 0 Å². The highest BCUT2D eigenvalue weighted by Gasteiger charge is 2.33. The van der Waals surface area contributed by atoms with Gasteiger partial charge in [0.2, 0.25) is 5.91 Å². The summed E-state index contributed by atoms with van der Waals surface area (Å²) in [6.07, 6.45) is 2.63. The molecule has 0 aromatic rings.